The number of amides is 1. The van der Waals surface area contributed by atoms with E-state index in [0.717, 1.165) is 32.6 Å². The fourth-order valence-corrected chi connectivity index (χ4v) is 1.95. The largest absolute Gasteiger partial charge is 0.332 e. The molecule has 0 spiro atoms. The number of nitrogens with one attached hydrogen (secondary N) is 2. The molecule has 0 bridgehead atoms. The number of nitrogens with zero attached hydrogens (tertiary/aromatic N) is 4. The van der Waals surface area contributed by atoms with E-state index in [1.807, 2.05) is 19.0 Å². The molecule has 1 saturated heterocycles. The van der Waals surface area contributed by atoms with Gasteiger partial charge in [0.15, 0.2) is 5.69 Å². The van der Waals surface area contributed by atoms with Crippen LogP contribution in [0.1, 0.15) is 16.9 Å². The van der Waals surface area contributed by atoms with Crippen LogP contribution in [0, 0.1) is 0 Å². The lowest BCUT2D eigenvalue weighted by molar-refractivity contribution is 0.0601. The fourth-order valence-electron chi connectivity index (χ4n) is 1.95. The second kappa shape index (κ2) is 5.92. The number of carbonyl (C=O) groups excluding carboxylic acids is 1. The third-order valence-electron chi connectivity index (χ3n) is 3.10. The molecule has 0 atom stereocenters. The average Bonchev–Trinajstić information content (AvgIpc) is 2.77. The monoisotopic (exact) mass is 252 g/mol. The summed E-state index contributed by atoms with van der Waals surface area (Å²) in [5.41, 5.74) is 0.395. The highest BCUT2D eigenvalue weighted by Gasteiger charge is 2.29. The van der Waals surface area contributed by atoms with Crippen LogP contribution in [-0.2, 0) is 0 Å². The van der Waals surface area contributed by atoms with Gasteiger partial charge < -0.3 is 15.1 Å². The van der Waals surface area contributed by atoms with Gasteiger partial charge in [-0.1, -0.05) is 5.21 Å². The summed E-state index contributed by atoms with van der Waals surface area (Å²) in [4.78, 5) is 16.3. The Bertz CT molecular complexity index is 373. The summed E-state index contributed by atoms with van der Waals surface area (Å²) in [5, 5.41) is 13.2. The van der Waals surface area contributed by atoms with Crippen LogP contribution in [0.25, 0.3) is 0 Å². The predicted molar refractivity (Wildman–Crippen MR) is 67.2 cm³/mol. The Morgan fingerprint density at radius 3 is 2.72 bits per heavy atom. The van der Waals surface area contributed by atoms with Crippen molar-refractivity contribution in [2.24, 2.45) is 0 Å². The second-order valence-corrected chi connectivity index (χ2v) is 4.83. The van der Waals surface area contributed by atoms with Gasteiger partial charge in [0.05, 0.1) is 12.2 Å². The Labute approximate surface area is 107 Å². The summed E-state index contributed by atoms with van der Waals surface area (Å²) in [5.74, 6) is -0.0333. The van der Waals surface area contributed by atoms with Crippen LogP contribution in [-0.4, -0.2) is 77.4 Å². The zero-order chi connectivity index (χ0) is 13.0. The zero-order valence-corrected chi connectivity index (χ0v) is 10.9. The van der Waals surface area contributed by atoms with Crippen LogP contribution in [0.5, 0.6) is 0 Å². The lowest BCUT2D eigenvalue weighted by Crippen LogP contribution is -2.59. The van der Waals surface area contributed by atoms with Gasteiger partial charge in [0.25, 0.3) is 5.91 Å². The molecule has 0 saturated carbocycles. The van der Waals surface area contributed by atoms with Crippen molar-refractivity contribution in [3.63, 3.8) is 0 Å². The van der Waals surface area contributed by atoms with Gasteiger partial charge in [-0.25, -0.2) is 0 Å². The standard InChI is InChI=1S/C11H20N6O/c1-16(2)4-3-5-17(9-6-12-7-9)11(18)10-8-13-15-14-10/h8-9,12H,3-7H2,1-2H3,(H,13,14,15). The highest BCUT2D eigenvalue weighted by molar-refractivity contribution is 5.92. The molecule has 7 heteroatoms. The first kappa shape index (κ1) is 13.0. The molecule has 1 amide bonds. The van der Waals surface area contributed by atoms with Crippen LogP contribution < -0.4 is 5.32 Å². The van der Waals surface area contributed by atoms with Crippen molar-refractivity contribution in [3.05, 3.63) is 11.9 Å². The first-order valence-corrected chi connectivity index (χ1v) is 6.21. The van der Waals surface area contributed by atoms with Crippen LogP contribution in [0.15, 0.2) is 6.20 Å². The molecule has 100 valence electrons. The number of carbonyl (C=O) groups is 1. The Morgan fingerprint density at radius 2 is 2.22 bits per heavy atom. The molecule has 0 radical (unpaired) electrons. The summed E-state index contributed by atoms with van der Waals surface area (Å²) in [7, 11) is 4.07. The normalized spacial score (nSPS) is 15.7. The van der Waals surface area contributed by atoms with Gasteiger partial charge in [-0.3, -0.25) is 9.89 Å². The van der Waals surface area contributed by atoms with E-state index in [1.165, 1.54) is 0 Å². The van der Waals surface area contributed by atoms with Crippen LogP contribution >= 0.6 is 0 Å². The molecule has 1 aromatic heterocycles. The van der Waals surface area contributed by atoms with Crippen molar-refractivity contribution < 1.29 is 4.79 Å². The number of hydrogen-bond acceptors (Lipinski definition) is 5. The van der Waals surface area contributed by atoms with E-state index in [4.69, 9.17) is 0 Å². The van der Waals surface area contributed by atoms with Crippen molar-refractivity contribution >= 4 is 5.91 Å². The molecule has 0 unspecified atom stereocenters. The van der Waals surface area contributed by atoms with Gasteiger partial charge in [-0.2, -0.15) is 0 Å². The van der Waals surface area contributed by atoms with Crippen molar-refractivity contribution in [1.82, 2.24) is 30.5 Å². The number of aromatic amines is 1. The number of hydrogen-bond donors (Lipinski definition) is 2. The molecule has 18 heavy (non-hydrogen) atoms. The van der Waals surface area contributed by atoms with E-state index in [1.54, 1.807) is 6.20 Å². The van der Waals surface area contributed by atoms with Crippen molar-refractivity contribution in [2.45, 2.75) is 12.5 Å². The van der Waals surface area contributed by atoms with Crippen LogP contribution in [0.2, 0.25) is 0 Å². The van der Waals surface area contributed by atoms with E-state index in [0.29, 0.717) is 5.69 Å². The first-order chi connectivity index (χ1) is 8.68. The number of H-pyrrole nitrogens is 1. The smallest absolute Gasteiger partial charge is 0.276 e. The number of aromatic nitrogens is 3. The van der Waals surface area contributed by atoms with Gasteiger partial charge in [0.2, 0.25) is 0 Å². The summed E-state index contributed by atoms with van der Waals surface area (Å²) in [6.07, 6.45) is 2.51. The molecule has 1 aliphatic heterocycles. The van der Waals surface area contributed by atoms with Crippen LogP contribution in [0.3, 0.4) is 0 Å². The van der Waals surface area contributed by atoms with E-state index >= 15 is 0 Å². The third kappa shape index (κ3) is 3.05. The summed E-state index contributed by atoms with van der Waals surface area (Å²) in [6, 6.07) is 0.288. The maximum absolute atomic E-state index is 12.3. The van der Waals surface area contributed by atoms with E-state index in [-0.39, 0.29) is 11.9 Å². The maximum Gasteiger partial charge on any atom is 0.276 e. The molecular formula is C11H20N6O. The van der Waals surface area contributed by atoms with E-state index < -0.39 is 0 Å². The Kier molecular flexibility index (Phi) is 4.27. The Morgan fingerprint density at radius 1 is 1.44 bits per heavy atom. The van der Waals surface area contributed by atoms with Crippen molar-refractivity contribution in [2.75, 3.05) is 40.3 Å². The maximum atomic E-state index is 12.3. The Hall–Kier alpha value is -1.47. The average molecular weight is 252 g/mol. The summed E-state index contributed by atoms with van der Waals surface area (Å²) < 4.78 is 0. The molecule has 0 aliphatic carbocycles. The minimum Gasteiger partial charge on any atom is -0.332 e. The number of rotatable bonds is 6. The second-order valence-electron chi connectivity index (χ2n) is 4.83. The van der Waals surface area contributed by atoms with Crippen LogP contribution in [0.4, 0.5) is 0 Å². The molecular weight excluding hydrogens is 232 g/mol. The zero-order valence-electron chi connectivity index (χ0n) is 10.9. The Balaban J connectivity index is 1.94. The van der Waals surface area contributed by atoms with Gasteiger partial charge in [-0.15, -0.1) is 5.10 Å². The van der Waals surface area contributed by atoms with Gasteiger partial charge in [0.1, 0.15) is 0 Å². The minimum atomic E-state index is -0.0333. The van der Waals surface area contributed by atoms with Gasteiger partial charge >= 0.3 is 0 Å². The van der Waals surface area contributed by atoms with E-state index in [2.05, 4.69) is 25.6 Å². The van der Waals surface area contributed by atoms with Gasteiger partial charge in [0, 0.05) is 19.6 Å². The molecule has 2 N–H and O–H groups in total. The van der Waals surface area contributed by atoms with Crippen molar-refractivity contribution in [1.29, 1.82) is 0 Å². The molecule has 2 heterocycles. The third-order valence-corrected chi connectivity index (χ3v) is 3.10. The molecule has 0 aromatic carbocycles. The van der Waals surface area contributed by atoms with Gasteiger partial charge in [-0.05, 0) is 27.1 Å². The topological polar surface area (TPSA) is 77.2 Å². The lowest BCUT2D eigenvalue weighted by atomic mass is 10.1. The summed E-state index contributed by atoms with van der Waals surface area (Å²) >= 11 is 0. The van der Waals surface area contributed by atoms with Crippen molar-refractivity contribution in [3.8, 4) is 0 Å². The predicted octanol–water partition coefficient (Wildman–Crippen LogP) is -0.830. The summed E-state index contributed by atoms with van der Waals surface area (Å²) in [6.45, 7) is 3.47. The molecule has 1 aromatic rings. The highest BCUT2D eigenvalue weighted by atomic mass is 16.2. The lowest BCUT2D eigenvalue weighted by Gasteiger charge is -2.38. The molecule has 7 nitrogen and oxygen atoms in total. The molecule has 1 aliphatic rings. The quantitative estimate of drug-likeness (QED) is 0.691. The molecule has 1 fully saturated rings. The molecule has 2 rings (SSSR count). The van der Waals surface area contributed by atoms with E-state index in [9.17, 15) is 4.79 Å². The highest BCUT2D eigenvalue weighted by Crippen LogP contribution is 2.10. The SMILES string of the molecule is CN(C)CCCN(C(=O)c1c[nH]nn1)C1CNC1. The minimum absolute atomic E-state index is 0.0333. The fraction of sp³-hybridized carbons (Fsp3) is 0.727. The first-order valence-electron chi connectivity index (χ1n) is 6.21.